The van der Waals surface area contributed by atoms with E-state index in [1.165, 1.54) is 31.4 Å². The second-order valence-corrected chi connectivity index (χ2v) is 12.1. The first-order valence-electron chi connectivity index (χ1n) is 13.4. The van der Waals surface area contributed by atoms with Gasteiger partial charge < -0.3 is 34.1 Å². The monoisotopic (exact) mass is 578 g/mol. The molecule has 0 bridgehead atoms. The van der Waals surface area contributed by atoms with Crippen LogP contribution in [0.4, 0.5) is 4.79 Å². The Labute approximate surface area is 235 Å². The minimum atomic E-state index is -4.11. The zero-order valence-electron chi connectivity index (χ0n) is 22.9. The maximum atomic E-state index is 13.2. The molecule has 12 heteroatoms. The summed E-state index contributed by atoms with van der Waals surface area (Å²) < 4.78 is 56.7. The molecule has 220 valence electrons. The lowest BCUT2D eigenvalue weighted by atomic mass is 10.0. The summed E-state index contributed by atoms with van der Waals surface area (Å²) in [6, 6.07) is 14.1. The number of rotatable bonds is 13. The minimum absolute atomic E-state index is 0.0276. The molecule has 0 aliphatic carbocycles. The molecule has 2 saturated heterocycles. The predicted octanol–water partition coefficient (Wildman–Crippen LogP) is 2.43. The highest BCUT2D eigenvalue weighted by atomic mass is 32.2. The first-order chi connectivity index (χ1) is 19.2. The summed E-state index contributed by atoms with van der Waals surface area (Å²) in [7, 11) is -2.62. The molecule has 0 aromatic heterocycles. The summed E-state index contributed by atoms with van der Waals surface area (Å²) >= 11 is 0. The molecule has 2 heterocycles. The maximum Gasteiger partial charge on any atom is 0.407 e. The normalized spacial score (nSPS) is 22.9. The molecule has 6 atom stereocenters. The van der Waals surface area contributed by atoms with Gasteiger partial charge >= 0.3 is 6.09 Å². The van der Waals surface area contributed by atoms with Gasteiger partial charge in [-0.25, -0.2) is 13.2 Å². The van der Waals surface area contributed by atoms with Crippen LogP contribution in [0.25, 0.3) is 0 Å². The summed E-state index contributed by atoms with van der Waals surface area (Å²) in [6.07, 6.45) is -3.54. The van der Waals surface area contributed by atoms with E-state index in [1.807, 2.05) is 44.2 Å². The van der Waals surface area contributed by atoms with Gasteiger partial charge in [0.15, 0.2) is 6.29 Å². The number of nitrogens with one attached hydrogen (secondary N) is 2. The topological polar surface area (TPSA) is 142 Å². The lowest BCUT2D eigenvalue weighted by Crippen LogP contribution is -2.56. The van der Waals surface area contributed by atoms with Crippen molar-refractivity contribution in [1.82, 2.24) is 10.0 Å². The number of carbonyl (C=O) groups excluding carboxylic acids is 1. The van der Waals surface area contributed by atoms with Crippen LogP contribution in [0.1, 0.15) is 25.8 Å². The van der Waals surface area contributed by atoms with E-state index < -0.39 is 40.6 Å². The van der Waals surface area contributed by atoms with Crippen molar-refractivity contribution in [1.29, 1.82) is 0 Å². The SMILES string of the molecule is COc1ccc(S(=O)(=O)NC(OCC(C)C)[C@H](O)[C@H](Cc2ccccc2)NC(=O)O[C@H]2CO[C@H]3OCC[C@H]32)cc1. The zero-order valence-corrected chi connectivity index (χ0v) is 23.7. The molecular weight excluding hydrogens is 540 g/mol. The van der Waals surface area contributed by atoms with Crippen LogP contribution < -0.4 is 14.8 Å². The Morgan fingerprint density at radius 2 is 1.82 bits per heavy atom. The van der Waals surface area contributed by atoms with Crippen LogP contribution in [0.3, 0.4) is 0 Å². The van der Waals surface area contributed by atoms with E-state index in [9.17, 15) is 18.3 Å². The number of methoxy groups -OCH3 is 1. The van der Waals surface area contributed by atoms with Crippen molar-refractivity contribution in [3.8, 4) is 5.75 Å². The predicted molar refractivity (Wildman–Crippen MR) is 145 cm³/mol. The number of carbonyl (C=O) groups is 1. The molecular formula is C28H38N2O9S. The molecule has 0 spiro atoms. The van der Waals surface area contributed by atoms with E-state index in [0.717, 1.165) is 12.0 Å². The Kier molecular flexibility index (Phi) is 10.4. The molecule has 1 amide bonds. The van der Waals surface area contributed by atoms with Gasteiger partial charge in [-0.2, -0.15) is 4.72 Å². The summed E-state index contributed by atoms with van der Waals surface area (Å²) in [5.74, 6) is 0.497. The molecule has 2 aliphatic heterocycles. The second-order valence-electron chi connectivity index (χ2n) is 10.3. The first-order valence-corrected chi connectivity index (χ1v) is 14.8. The zero-order chi connectivity index (χ0) is 28.7. The van der Waals surface area contributed by atoms with E-state index in [0.29, 0.717) is 12.4 Å². The van der Waals surface area contributed by atoms with Gasteiger partial charge in [0.2, 0.25) is 10.0 Å². The Balaban J connectivity index is 1.53. The molecule has 2 aromatic carbocycles. The lowest BCUT2D eigenvalue weighted by Gasteiger charge is -2.31. The Hall–Kier alpha value is -2.74. The maximum absolute atomic E-state index is 13.2. The fourth-order valence-electron chi connectivity index (χ4n) is 4.68. The molecule has 2 fully saturated rings. The van der Waals surface area contributed by atoms with Gasteiger partial charge in [0.05, 0.1) is 43.8 Å². The van der Waals surface area contributed by atoms with Crippen LogP contribution >= 0.6 is 0 Å². The van der Waals surface area contributed by atoms with E-state index in [2.05, 4.69) is 10.0 Å². The van der Waals surface area contributed by atoms with E-state index in [4.69, 9.17) is 23.7 Å². The Morgan fingerprint density at radius 1 is 1.10 bits per heavy atom. The van der Waals surface area contributed by atoms with Crippen LogP contribution in [0, 0.1) is 11.8 Å². The molecule has 11 nitrogen and oxygen atoms in total. The molecule has 3 N–H and O–H groups in total. The van der Waals surface area contributed by atoms with Crippen LogP contribution in [-0.2, 0) is 35.4 Å². The van der Waals surface area contributed by atoms with E-state index in [1.54, 1.807) is 0 Å². The van der Waals surface area contributed by atoms with E-state index >= 15 is 0 Å². The summed E-state index contributed by atoms with van der Waals surface area (Å²) in [5, 5.41) is 14.3. The third-order valence-electron chi connectivity index (χ3n) is 6.82. The van der Waals surface area contributed by atoms with E-state index in [-0.39, 0.29) is 42.7 Å². The largest absolute Gasteiger partial charge is 0.497 e. The van der Waals surface area contributed by atoms with Gasteiger partial charge in [-0.15, -0.1) is 0 Å². The summed E-state index contributed by atoms with van der Waals surface area (Å²) in [6.45, 7) is 4.73. The second kappa shape index (κ2) is 13.7. The van der Waals surface area contributed by atoms with Crippen molar-refractivity contribution < 1.29 is 42.0 Å². The smallest absolute Gasteiger partial charge is 0.407 e. The summed E-state index contributed by atoms with van der Waals surface area (Å²) in [5.41, 5.74) is 0.820. The van der Waals surface area contributed by atoms with Gasteiger partial charge in [-0.3, -0.25) is 0 Å². The number of amides is 1. The Morgan fingerprint density at radius 3 is 2.50 bits per heavy atom. The number of aliphatic hydroxyl groups excluding tert-OH is 1. The fraction of sp³-hybridized carbons (Fsp3) is 0.536. The number of sulfonamides is 1. The third kappa shape index (κ3) is 7.93. The average Bonchev–Trinajstić information content (AvgIpc) is 3.56. The molecule has 1 unspecified atom stereocenters. The standard InChI is InChI=1S/C28H38N2O9S/c1-18(2)16-37-26(30-40(33,34)21-11-9-20(35-3)10-12-21)25(31)23(15-19-7-5-4-6-8-19)29-28(32)39-24-17-38-27-22(24)13-14-36-27/h4-12,18,22-27,30-31H,13-17H2,1-3H3,(H,29,32)/t22-,23-,24-,25+,26?,27+/m0/s1. The lowest BCUT2D eigenvalue weighted by molar-refractivity contribution is -0.0907. The van der Waals surface area contributed by atoms with Crippen LogP contribution in [0.5, 0.6) is 5.75 Å². The highest BCUT2D eigenvalue weighted by Crippen LogP contribution is 2.33. The van der Waals surface area contributed by atoms with Crippen LogP contribution in [-0.4, -0.2) is 77.3 Å². The van der Waals surface area contributed by atoms with Crippen molar-refractivity contribution in [3.63, 3.8) is 0 Å². The molecule has 4 rings (SSSR count). The number of aliphatic hydroxyl groups is 1. The van der Waals surface area contributed by atoms with Crippen molar-refractivity contribution in [2.24, 2.45) is 11.8 Å². The van der Waals surface area contributed by atoms with Gasteiger partial charge in [0.25, 0.3) is 0 Å². The first kappa shape index (κ1) is 30.2. The quantitative estimate of drug-likeness (QED) is 0.306. The Bertz CT molecular complexity index is 1190. The van der Waals surface area contributed by atoms with Crippen molar-refractivity contribution >= 4 is 16.1 Å². The van der Waals surface area contributed by atoms with Gasteiger partial charge in [-0.1, -0.05) is 44.2 Å². The number of ether oxygens (including phenoxy) is 5. The van der Waals surface area contributed by atoms with Crippen LogP contribution in [0.15, 0.2) is 59.5 Å². The number of alkyl carbamates (subject to hydrolysis) is 1. The molecule has 0 radical (unpaired) electrons. The number of benzene rings is 2. The summed E-state index contributed by atoms with van der Waals surface area (Å²) in [4.78, 5) is 13.0. The van der Waals surface area contributed by atoms with Gasteiger partial charge in [0, 0.05) is 0 Å². The molecule has 2 aliphatic rings. The van der Waals surface area contributed by atoms with Crippen LogP contribution in [0.2, 0.25) is 0 Å². The fourth-order valence-corrected chi connectivity index (χ4v) is 5.82. The minimum Gasteiger partial charge on any atom is -0.497 e. The highest BCUT2D eigenvalue weighted by Gasteiger charge is 2.44. The number of hydrogen-bond acceptors (Lipinski definition) is 9. The van der Waals surface area contributed by atoms with Gasteiger partial charge in [-0.05, 0) is 48.6 Å². The third-order valence-corrected chi connectivity index (χ3v) is 8.25. The molecule has 2 aromatic rings. The number of fused-ring (bicyclic) bond motifs is 1. The molecule has 40 heavy (non-hydrogen) atoms. The molecule has 0 saturated carbocycles. The van der Waals surface area contributed by atoms with Gasteiger partial charge in [0.1, 0.15) is 24.2 Å². The number of hydrogen-bond donors (Lipinski definition) is 3. The highest BCUT2D eigenvalue weighted by molar-refractivity contribution is 7.89. The van der Waals surface area contributed by atoms with Crippen molar-refractivity contribution in [2.75, 3.05) is 26.9 Å². The average molecular weight is 579 g/mol. The van der Waals surface area contributed by atoms with Crippen molar-refractivity contribution in [3.05, 3.63) is 60.2 Å². The van der Waals surface area contributed by atoms with Crippen molar-refractivity contribution in [2.45, 2.75) is 62.4 Å².